The maximum atomic E-state index is 12.0. The lowest BCUT2D eigenvalue weighted by Crippen LogP contribution is -2.08. The van der Waals surface area contributed by atoms with Crippen LogP contribution in [0.15, 0.2) is 41.0 Å². The van der Waals surface area contributed by atoms with Gasteiger partial charge in [0.1, 0.15) is 11.2 Å². The largest absolute Gasteiger partial charge is 0.466 e. The average Bonchev–Trinajstić information content (AvgIpc) is 2.47. The van der Waals surface area contributed by atoms with Crippen molar-refractivity contribution in [1.82, 2.24) is 0 Å². The molecule has 0 radical (unpaired) electrons. The predicted octanol–water partition coefficient (Wildman–Crippen LogP) is 2.78. The lowest BCUT2D eigenvalue weighted by atomic mass is 10.2. The van der Waals surface area contributed by atoms with Crippen LogP contribution in [0, 0.1) is 6.92 Å². The van der Waals surface area contributed by atoms with Crippen LogP contribution in [0.5, 0.6) is 0 Å². The van der Waals surface area contributed by atoms with Gasteiger partial charge in [0.25, 0.3) is 0 Å². The van der Waals surface area contributed by atoms with E-state index in [2.05, 4.69) is 4.74 Å². The summed E-state index contributed by atoms with van der Waals surface area (Å²) in [5.74, 6) is -0.293. The molecule has 0 atom stereocenters. The number of hydrogen-bond acceptors (Lipinski definition) is 5. The first kappa shape index (κ1) is 17.5. The first-order valence-corrected chi connectivity index (χ1v) is 8.18. The Morgan fingerprint density at radius 1 is 1.29 bits per heavy atom. The van der Waals surface area contributed by atoms with Gasteiger partial charge in [0.15, 0.2) is 0 Å². The molecule has 0 unspecified atom stereocenters. The molecule has 0 saturated carbocycles. The minimum atomic E-state index is -3.96. The number of carbonyl (C=O) groups is 1. The topological polar surface area (TPSA) is 69.7 Å². The molecule has 5 nitrogen and oxygen atoms in total. The molecule has 0 amide bonds. The van der Waals surface area contributed by atoms with Crippen molar-refractivity contribution >= 4 is 27.7 Å². The molecule has 1 rings (SSSR count). The summed E-state index contributed by atoms with van der Waals surface area (Å²) in [4.78, 5) is 11.5. The molecule has 116 valence electrons. The van der Waals surface area contributed by atoms with E-state index in [1.807, 2.05) is 6.92 Å². The van der Waals surface area contributed by atoms with Gasteiger partial charge in [0.2, 0.25) is 0 Å². The van der Waals surface area contributed by atoms with Crippen LogP contribution in [-0.4, -0.2) is 27.4 Å². The Bertz CT molecular complexity index is 605. The van der Waals surface area contributed by atoms with E-state index < -0.39 is 16.1 Å². The Labute approximate surface area is 129 Å². The number of hydrogen-bond donors (Lipinski definition) is 0. The number of alkyl halides is 1. The van der Waals surface area contributed by atoms with Gasteiger partial charge in [-0.05, 0) is 31.9 Å². The molecule has 0 spiro atoms. The molecule has 0 heterocycles. The van der Waals surface area contributed by atoms with Crippen molar-refractivity contribution in [2.24, 2.45) is 0 Å². The Morgan fingerprint density at radius 3 is 2.43 bits per heavy atom. The van der Waals surface area contributed by atoms with Crippen LogP contribution in [0.25, 0.3) is 0 Å². The zero-order valence-electron chi connectivity index (χ0n) is 11.8. The highest BCUT2D eigenvalue weighted by Gasteiger charge is 2.16. The molecule has 1 aromatic rings. The summed E-state index contributed by atoms with van der Waals surface area (Å²) in [7, 11) is -2.74. The summed E-state index contributed by atoms with van der Waals surface area (Å²) in [5.41, 5.74) is 1.05. The number of carbonyl (C=O) groups excluding carboxylic acids is 1. The summed E-state index contributed by atoms with van der Waals surface area (Å²) in [6.07, 6.45) is 1.70. The number of halogens is 1. The third-order valence-electron chi connectivity index (χ3n) is 2.65. The van der Waals surface area contributed by atoms with E-state index in [-0.39, 0.29) is 16.9 Å². The van der Waals surface area contributed by atoms with Gasteiger partial charge in [0, 0.05) is 5.88 Å². The molecule has 0 aliphatic carbocycles. The number of esters is 1. The zero-order chi connectivity index (χ0) is 15.9. The summed E-state index contributed by atoms with van der Waals surface area (Å²) in [6.45, 7) is 1.85. The highest BCUT2D eigenvalue weighted by atomic mass is 35.5. The van der Waals surface area contributed by atoms with Crippen LogP contribution < -0.4 is 0 Å². The highest BCUT2D eigenvalue weighted by molar-refractivity contribution is 7.86. The molecule has 7 heteroatoms. The zero-order valence-corrected chi connectivity index (χ0v) is 13.4. The van der Waals surface area contributed by atoms with Gasteiger partial charge in [0.05, 0.1) is 12.7 Å². The Kier molecular flexibility index (Phi) is 6.71. The van der Waals surface area contributed by atoms with Gasteiger partial charge < -0.3 is 8.92 Å². The number of benzene rings is 1. The van der Waals surface area contributed by atoms with E-state index in [1.165, 1.54) is 19.2 Å². The van der Waals surface area contributed by atoms with Crippen molar-refractivity contribution < 1.29 is 22.1 Å². The van der Waals surface area contributed by atoms with Gasteiger partial charge in [-0.2, -0.15) is 8.42 Å². The van der Waals surface area contributed by atoms with Crippen LogP contribution >= 0.6 is 11.6 Å². The SMILES string of the molecule is COC(=O)/C(=C/OS(=O)(=O)c1ccc(C)cc1)CCCCl. The monoisotopic (exact) mass is 332 g/mol. The van der Waals surface area contributed by atoms with Gasteiger partial charge in [-0.25, -0.2) is 4.79 Å². The molecule has 1 aromatic carbocycles. The van der Waals surface area contributed by atoms with E-state index in [9.17, 15) is 13.2 Å². The van der Waals surface area contributed by atoms with Crippen LogP contribution in [0.1, 0.15) is 18.4 Å². The second-order valence-corrected chi connectivity index (χ2v) is 6.24. The smallest absolute Gasteiger partial charge is 0.338 e. The molecule has 0 aromatic heterocycles. The van der Waals surface area contributed by atoms with E-state index >= 15 is 0 Å². The summed E-state index contributed by atoms with van der Waals surface area (Å²) in [6, 6.07) is 6.20. The van der Waals surface area contributed by atoms with E-state index in [4.69, 9.17) is 15.8 Å². The first-order valence-electron chi connectivity index (χ1n) is 6.24. The quantitative estimate of drug-likeness (QED) is 0.252. The summed E-state index contributed by atoms with van der Waals surface area (Å²) >= 11 is 5.56. The fourth-order valence-electron chi connectivity index (χ4n) is 1.48. The van der Waals surface area contributed by atoms with Crippen LogP contribution in [0.3, 0.4) is 0 Å². The normalized spacial score (nSPS) is 12.0. The molecule has 0 aliphatic rings. The summed E-state index contributed by atoms with van der Waals surface area (Å²) < 4.78 is 33.4. The molecule has 0 saturated heterocycles. The third-order valence-corrected chi connectivity index (χ3v) is 4.12. The number of ether oxygens (including phenoxy) is 1. The maximum absolute atomic E-state index is 12.0. The second kappa shape index (κ2) is 8.05. The molecule has 0 fully saturated rings. The molecule has 21 heavy (non-hydrogen) atoms. The maximum Gasteiger partial charge on any atom is 0.338 e. The average molecular weight is 333 g/mol. The predicted molar refractivity (Wildman–Crippen MR) is 79.5 cm³/mol. The van der Waals surface area contributed by atoms with E-state index in [0.29, 0.717) is 12.3 Å². The molecule has 0 bridgehead atoms. The fourth-order valence-corrected chi connectivity index (χ4v) is 2.44. The fraction of sp³-hybridized carbons (Fsp3) is 0.357. The van der Waals surface area contributed by atoms with Gasteiger partial charge in [-0.3, -0.25) is 0 Å². The number of methoxy groups -OCH3 is 1. The number of rotatable bonds is 7. The highest BCUT2D eigenvalue weighted by Crippen LogP contribution is 2.16. The van der Waals surface area contributed by atoms with Crippen LogP contribution in [-0.2, 0) is 23.8 Å². The van der Waals surface area contributed by atoms with Crippen molar-refractivity contribution in [2.75, 3.05) is 13.0 Å². The Morgan fingerprint density at radius 2 is 1.90 bits per heavy atom. The van der Waals surface area contributed by atoms with Crippen LogP contribution in [0.2, 0.25) is 0 Å². The molecule has 0 N–H and O–H groups in total. The van der Waals surface area contributed by atoms with Gasteiger partial charge in [-0.15, -0.1) is 11.6 Å². The van der Waals surface area contributed by atoms with Crippen molar-refractivity contribution in [2.45, 2.75) is 24.7 Å². The van der Waals surface area contributed by atoms with Crippen molar-refractivity contribution in [3.63, 3.8) is 0 Å². The minimum Gasteiger partial charge on any atom is -0.466 e. The van der Waals surface area contributed by atoms with Crippen molar-refractivity contribution in [3.8, 4) is 0 Å². The van der Waals surface area contributed by atoms with Crippen LogP contribution in [0.4, 0.5) is 0 Å². The first-order chi connectivity index (χ1) is 9.90. The lowest BCUT2D eigenvalue weighted by molar-refractivity contribution is -0.136. The molecular weight excluding hydrogens is 316 g/mol. The molecular formula is C14H17ClO5S. The number of aryl methyl sites for hydroxylation is 1. The van der Waals surface area contributed by atoms with E-state index in [1.54, 1.807) is 12.1 Å². The lowest BCUT2D eigenvalue weighted by Gasteiger charge is -2.07. The van der Waals surface area contributed by atoms with Crippen molar-refractivity contribution in [1.29, 1.82) is 0 Å². The second-order valence-electron chi connectivity index (χ2n) is 4.29. The minimum absolute atomic E-state index is 0.0194. The summed E-state index contributed by atoms with van der Waals surface area (Å²) in [5, 5.41) is 0. The van der Waals surface area contributed by atoms with Gasteiger partial charge >= 0.3 is 16.1 Å². The van der Waals surface area contributed by atoms with E-state index in [0.717, 1.165) is 11.8 Å². The van der Waals surface area contributed by atoms with Crippen molar-refractivity contribution in [3.05, 3.63) is 41.7 Å². The standard InChI is InChI=1S/C14H17ClO5S/c1-11-5-7-13(8-6-11)21(17,18)20-10-12(4-3-9-15)14(16)19-2/h5-8,10H,3-4,9H2,1-2H3/b12-10+. The Balaban J connectivity index is 2.92. The Hall–Kier alpha value is -1.53. The van der Waals surface area contributed by atoms with Gasteiger partial charge in [-0.1, -0.05) is 17.7 Å². The third kappa shape index (κ3) is 5.40. The molecule has 0 aliphatic heterocycles.